The summed E-state index contributed by atoms with van der Waals surface area (Å²) in [6.07, 6.45) is 2.50. The maximum atomic E-state index is 12.8. The van der Waals surface area contributed by atoms with Crippen LogP contribution in [-0.2, 0) is 9.59 Å². The summed E-state index contributed by atoms with van der Waals surface area (Å²) in [5, 5.41) is 0. The Labute approximate surface area is 156 Å². The van der Waals surface area contributed by atoms with Gasteiger partial charge in [-0.1, -0.05) is 32.1 Å². The number of nitrogens with zero attached hydrogens (tertiary/aromatic N) is 3. The summed E-state index contributed by atoms with van der Waals surface area (Å²) in [7, 11) is 0. The lowest BCUT2D eigenvalue weighted by Gasteiger charge is -2.35. The Kier molecular flexibility index (Phi) is 5.77. The van der Waals surface area contributed by atoms with E-state index in [0.29, 0.717) is 32.0 Å². The number of carbonyl (C=O) groups is 2. The van der Waals surface area contributed by atoms with E-state index in [1.165, 1.54) is 5.56 Å². The second-order valence-corrected chi connectivity index (χ2v) is 7.49. The molecule has 2 heterocycles. The molecule has 2 aliphatic rings. The molecule has 2 amide bonds. The Morgan fingerprint density at radius 2 is 1.81 bits per heavy atom. The quantitative estimate of drug-likeness (QED) is 0.602. The van der Waals surface area contributed by atoms with Crippen molar-refractivity contribution in [3.63, 3.8) is 0 Å². The van der Waals surface area contributed by atoms with Gasteiger partial charge in [-0.3, -0.25) is 14.5 Å². The maximum Gasteiger partial charge on any atom is 0.239 e. The minimum atomic E-state index is -0.522. The van der Waals surface area contributed by atoms with Crippen LogP contribution in [0.2, 0.25) is 0 Å². The largest absolute Gasteiger partial charge is 0.339 e. The SMILES string of the molecule is C=CCN1CCN(C(=O)C2CCN(c3ccc(C(C)C)cc3)C2=O)CC1. The molecule has 0 radical (unpaired) electrons. The molecule has 0 spiro atoms. The molecule has 2 fully saturated rings. The molecule has 0 saturated carbocycles. The lowest BCUT2D eigenvalue weighted by Crippen LogP contribution is -2.51. The van der Waals surface area contributed by atoms with E-state index in [-0.39, 0.29) is 11.8 Å². The molecule has 0 aliphatic carbocycles. The van der Waals surface area contributed by atoms with Crippen LogP contribution in [0.25, 0.3) is 0 Å². The van der Waals surface area contributed by atoms with Crippen molar-refractivity contribution >= 4 is 17.5 Å². The highest BCUT2D eigenvalue weighted by Crippen LogP contribution is 2.28. The molecule has 5 heteroatoms. The van der Waals surface area contributed by atoms with Gasteiger partial charge in [-0.15, -0.1) is 6.58 Å². The average Bonchev–Trinajstić information content (AvgIpc) is 3.03. The van der Waals surface area contributed by atoms with Gasteiger partial charge in [0.2, 0.25) is 11.8 Å². The summed E-state index contributed by atoms with van der Waals surface area (Å²) >= 11 is 0. The van der Waals surface area contributed by atoms with Crippen LogP contribution in [0.4, 0.5) is 5.69 Å². The summed E-state index contributed by atoms with van der Waals surface area (Å²) in [4.78, 5) is 31.6. The van der Waals surface area contributed by atoms with E-state index in [1.54, 1.807) is 4.90 Å². The van der Waals surface area contributed by atoms with Crippen molar-refractivity contribution in [1.82, 2.24) is 9.80 Å². The van der Waals surface area contributed by atoms with Crippen molar-refractivity contribution in [3.05, 3.63) is 42.5 Å². The van der Waals surface area contributed by atoms with Gasteiger partial charge in [0.25, 0.3) is 0 Å². The standard InChI is InChI=1S/C21H29N3O2/c1-4-10-22-12-14-23(15-13-22)20(25)19-9-11-24(21(19)26)18-7-5-17(6-8-18)16(2)3/h4-8,16,19H,1,9-15H2,2-3H3. The zero-order chi connectivity index (χ0) is 18.7. The maximum absolute atomic E-state index is 12.8. The van der Waals surface area contributed by atoms with E-state index in [1.807, 2.05) is 23.1 Å². The molecule has 26 heavy (non-hydrogen) atoms. The number of carbonyl (C=O) groups excluding carboxylic acids is 2. The van der Waals surface area contributed by atoms with Crippen LogP contribution < -0.4 is 4.90 Å². The molecule has 2 aliphatic heterocycles. The van der Waals surface area contributed by atoms with Gasteiger partial charge in [0.15, 0.2) is 0 Å². The van der Waals surface area contributed by atoms with E-state index >= 15 is 0 Å². The number of benzene rings is 1. The highest BCUT2D eigenvalue weighted by molar-refractivity contribution is 6.09. The van der Waals surface area contributed by atoms with E-state index in [9.17, 15) is 9.59 Å². The second kappa shape index (κ2) is 8.04. The number of piperazine rings is 1. The number of hydrogen-bond donors (Lipinski definition) is 0. The number of amides is 2. The summed E-state index contributed by atoms with van der Waals surface area (Å²) in [6.45, 7) is 12.6. The Morgan fingerprint density at radius 3 is 2.38 bits per heavy atom. The van der Waals surface area contributed by atoms with Gasteiger partial charge in [0.1, 0.15) is 5.92 Å². The smallest absolute Gasteiger partial charge is 0.239 e. The van der Waals surface area contributed by atoms with Crippen LogP contribution in [0.15, 0.2) is 36.9 Å². The Balaban J connectivity index is 1.61. The molecular formula is C21H29N3O2. The number of anilines is 1. The molecule has 3 rings (SSSR count). The lowest BCUT2D eigenvalue weighted by molar-refractivity contribution is -0.141. The van der Waals surface area contributed by atoms with Crippen molar-refractivity contribution in [3.8, 4) is 0 Å². The molecular weight excluding hydrogens is 326 g/mol. The van der Waals surface area contributed by atoms with Crippen LogP contribution in [0, 0.1) is 5.92 Å². The van der Waals surface area contributed by atoms with Crippen molar-refractivity contribution in [1.29, 1.82) is 0 Å². The Morgan fingerprint density at radius 1 is 1.15 bits per heavy atom. The van der Waals surface area contributed by atoms with Crippen LogP contribution in [-0.4, -0.2) is 60.9 Å². The normalized spacial score (nSPS) is 21.5. The molecule has 0 N–H and O–H groups in total. The summed E-state index contributed by atoms with van der Waals surface area (Å²) in [5.74, 6) is -0.117. The van der Waals surface area contributed by atoms with Gasteiger partial charge in [-0.2, -0.15) is 0 Å². The third-order valence-electron chi connectivity index (χ3n) is 5.45. The van der Waals surface area contributed by atoms with Gasteiger partial charge in [0, 0.05) is 45.0 Å². The topological polar surface area (TPSA) is 43.9 Å². The van der Waals surface area contributed by atoms with Crippen LogP contribution in [0.5, 0.6) is 0 Å². The van der Waals surface area contributed by atoms with E-state index in [4.69, 9.17) is 0 Å². The third kappa shape index (κ3) is 3.83. The fraction of sp³-hybridized carbons (Fsp3) is 0.524. The van der Waals surface area contributed by atoms with Gasteiger partial charge >= 0.3 is 0 Å². The van der Waals surface area contributed by atoms with E-state index in [2.05, 4.69) is 37.5 Å². The highest BCUT2D eigenvalue weighted by atomic mass is 16.2. The Hall–Kier alpha value is -2.14. The van der Waals surface area contributed by atoms with Crippen LogP contribution >= 0.6 is 0 Å². The predicted molar refractivity (Wildman–Crippen MR) is 104 cm³/mol. The lowest BCUT2D eigenvalue weighted by atomic mass is 10.0. The molecule has 1 aromatic carbocycles. The molecule has 1 aromatic rings. The summed E-state index contributed by atoms with van der Waals surface area (Å²) in [5.41, 5.74) is 2.15. The van der Waals surface area contributed by atoms with Crippen molar-refractivity contribution < 1.29 is 9.59 Å². The molecule has 2 saturated heterocycles. The molecule has 0 bridgehead atoms. The number of rotatable bonds is 5. The predicted octanol–water partition coefficient (Wildman–Crippen LogP) is 2.49. The fourth-order valence-electron chi connectivity index (χ4n) is 3.76. The van der Waals surface area contributed by atoms with E-state index in [0.717, 1.165) is 25.3 Å². The molecule has 0 aromatic heterocycles. The molecule has 1 unspecified atom stereocenters. The number of hydrogen-bond acceptors (Lipinski definition) is 3. The monoisotopic (exact) mass is 355 g/mol. The average molecular weight is 355 g/mol. The van der Waals surface area contributed by atoms with Crippen molar-refractivity contribution in [2.45, 2.75) is 26.2 Å². The van der Waals surface area contributed by atoms with Crippen LogP contribution in [0.1, 0.15) is 31.7 Å². The third-order valence-corrected chi connectivity index (χ3v) is 5.45. The minimum Gasteiger partial charge on any atom is -0.339 e. The fourth-order valence-corrected chi connectivity index (χ4v) is 3.76. The molecule has 1 atom stereocenters. The summed E-state index contributed by atoms with van der Waals surface area (Å²) in [6, 6.07) is 8.13. The summed E-state index contributed by atoms with van der Waals surface area (Å²) < 4.78 is 0. The van der Waals surface area contributed by atoms with Gasteiger partial charge < -0.3 is 9.80 Å². The Bertz CT molecular complexity index is 660. The first-order chi connectivity index (χ1) is 12.5. The first kappa shape index (κ1) is 18.6. The molecule has 5 nitrogen and oxygen atoms in total. The minimum absolute atomic E-state index is 0.00504. The zero-order valence-electron chi connectivity index (χ0n) is 15.9. The van der Waals surface area contributed by atoms with Gasteiger partial charge in [-0.05, 0) is 30.0 Å². The van der Waals surface area contributed by atoms with Gasteiger partial charge in [-0.25, -0.2) is 0 Å². The highest BCUT2D eigenvalue weighted by Gasteiger charge is 2.40. The van der Waals surface area contributed by atoms with Crippen molar-refractivity contribution in [2.24, 2.45) is 5.92 Å². The molecule has 140 valence electrons. The van der Waals surface area contributed by atoms with Gasteiger partial charge in [0.05, 0.1) is 0 Å². The second-order valence-electron chi connectivity index (χ2n) is 7.49. The first-order valence-corrected chi connectivity index (χ1v) is 9.54. The van der Waals surface area contributed by atoms with Crippen LogP contribution in [0.3, 0.4) is 0 Å². The van der Waals surface area contributed by atoms with E-state index < -0.39 is 5.92 Å². The van der Waals surface area contributed by atoms with Crippen molar-refractivity contribution in [2.75, 3.05) is 44.2 Å². The zero-order valence-corrected chi connectivity index (χ0v) is 15.9. The first-order valence-electron chi connectivity index (χ1n) is 9.54.